The Hall–Kier alpha value is -2.21. The minimum absolute atomic E-state index is 0.00792. The lowest BCUT2D eigenvalue weighted by atomic mass is 10.0. The summed E-state index contributed by atoms with van der Waals surface area (Å²) in [4.78, 5) is 16.1. The summed E-state index contributed by atoms with van der Waals surface area (Å²) in [6, 6.07) is 5.67. The molecule has 2 N–H and O–H groups in total. The molecular formula is C16H23N5O. The Morgan fingerprint density at radius 3 is 2.50 bits per heavy atom. The van der Waals surface area contributed by atoms with Crippen LogP contribution in [0.1, 0.15) is 29.8 Å². The van der Waals surface area contributed by atoms with E-state index in [1.807, 2.05) is 25.1 Å². The van der Waals surface area contributed by atoms with E-state index in [0.717, 1.165) is 5.56 Å². The second-order valence-electron chi connectivity index (χ2n) is 5.80. The third kappa shape index (κ3) is 3.17. The zero-order chi connectivity index (χ0) is 16.3. The third-order valence-electron chi connectivity index (χ3n) is 3.85. The van der Waals surface area contributed by atoms with Crippen LogP contribution in [0.2, 0.25) is 0 Å². The molecule has 1 aromatic carbocycles. The number of aromatic nitrogens is 3. The molecule has 0 aliphatic rings. The Bertz CT molecular complexity index is 636. The molecule has 1 heterocycles. The van der Waals surface area contributed by atoms with Crippen LogP contribution in [0.25, 0.3) is 5.69 Å². The number of carbonyl (C=O) groups excluding carboxylic acids is 1. The lowest BCUT2D eigenvalue weighted by Crippen LogP contribution is -2.45. The van der Waals surface area contributed by atoms with Crippen molar-refractivity contribution in [2.24, 2.45) is 11.7 Å². The molecule has 0 saturated carbocycles. The Morgan fingerprint density at radius 2 is 1.95 bits per heavy atom. The van der Waals surface area contributed by atoms with Gasteiger partial charge in [-0.15, -0.1) is 0 Å². The smallest absolute Gasteiger partial charge is 0.256 e. The van der Waals surface area contributed by atoms with Crippen LogP contribution in [0.15, 0.2) is 30.6 Å². The minimum atomic E-state index is -0.0693. The molecule has 118 valence electrons. The van der Waals surface area contributed by atoms with Gasteiger partial charge < -0.3 is 10.6 Å². The second kappa shape index (κ2) is 6.70. The zero-order valence-corrected chi connectivity index (χ0v) is 13.5. The number of likely N-dealkylation sites (N-methyl/N-ethyl adjacent to an activating group) is 1. The van der Waals surface area contributed by atoms with Crippen LogP contribution in [-0.4, -0.2) is 45.4 Å². The van der Waals surface area contributed by atoms with Crippen molar-refractivity contribution >= 4 is 5.91 Å². The van der Waals surface area contributed by atoms with Crippen LogP contribution in [-0.2, 0) is 0 Å². The predicted molar refractivity (Wildman–Crippen MR) is 85.9 cm³/mol. The van der Waals surface area contributed by atoms with Gasteiger partial charge in [0, 0.05) is 19.6 Å². The molecule has 0 bridgehead atoms. The Kier molecular flexibility index (Phi) is 4.92. The molecule has 1 amide bonds. The molecule has 0 aliphatic heterocycles. The van der Waals surface area contributed by atoms with Crippen LogP contribution in [0.3, 0.4) is 0 Å². The van der Waals surface area contributed by atoms with Crippen molar-refractivity contribution in [1.29, 1.82) is 0 Å². The average molecular weight is 301 g/mol. The first-order valence-corrected chi connectivity index (χ1v) is 7.40. The number of hydrogen-bond acceptors (Lipinski definition) is 4. The molecule has 1 atom stereocenters. The predicted octanol–water partition coefficient (Wildman–Crippen LogP) is 1.63. The third-order valence-corrected chi connectivity index (χ3v) is 3.85. The highest BCUT2D eigenvalue weighted by Gasteiger charge is 2.25. The van der Waals surface area contributed by atoms with Crippen molar-refractivity contribution in [2.75, 3.05) is 13.6 Å². The molecule has 0 radical (unpaired) electrons. The Labute approximate surface area is 130 Å². The fourth-order valence-electron chi connectivity index (χ4n) is 2.55. The molecule has 22 heavy (non-hydrogen) atoms. The first-order chi connectivity index (χ1) is 10.5. The monoisotopic (exact) mass is 301 g/mol. The van der Waals surface area contributed by atoms with Gasteiger partial charge in [-0.25, -0.2) is 0 Å². The molecule has 0 fully saturated rings. The highest BCUT2D eigenvalue weighted by Crippen LogP contribution is 2.19. The van der Waals surface area contributed by atoms with E-state index >= 15 is 0 Å². The number of carbonyl (C=O) groups is 1. The maximum Gasteiger partial charge on any atom is 0.256 e. The van der Waals surface area contributed by atoms with E-state index in [9.17, 15) is 4.79 Å². The lowest BCUT2D eigenvalue weighted by molar-refractivity contribution is 0.0696. The van der Waals surface area contributed by atoms with Crippen molar-refractivity contribution < 1.29 is 4.79 Å². The maximum atomic E-state index is 12.9. The molecule has 0 unspecified atom stereocenters. The van der Waals surface area contributed by atoms with Gasteiger partial charge in [0.15, 0.2) is 0 Å². The number of amides is 1. The van der Waals surface area contributed by atoms with Gasteiger partial charge in [-0.1, -0.05) is 25.5 Å². The van der Waals surface area contributed by atoms with Crippen molar-refractivity contribution in [1.82, 2.24) is 19.9 Å². The minimum Gasteiger partial charge on any atom is -0.337 e. The number of hydrogen-bond donors (Lipinski definition) is 1. The van der Waals surface area contributed by atoms with Gasteiger partial charge >= 0.3 is 0 Å². The van der Waals surface area contributed by atoms with E-state index in [1.54, 1.807) is 24.3 Å². The molecule has 0 saturated heterocycles. The van der Waals surface area contributed by atoms with E-state index in [2.05, 4.69) is 24.0 Å². The Balaban J connectivity index is 2.43. The van der Waals surface area contributed by atoms with Crippen molar-refractivity contribution in [3.05, 3.63) is 41.7 Å². The van der Waals surface area contributed by atoms with E-state index < -0.39 is 0 Å². The Morgan fingerprint density at radius 1 is 1.32 bits per heavy atom. The number of rotatable bonds is 5. The SMILES string of the molecule is Cc1ccc(-n2nccn2)c(C(=O)N(C)[C@H](CN)C(C)C)c1. The van der Waals surface area contributed by atoms with Crippen LogP contribution < -0.4 is 5.73 Å². The number of aryl methyl sites for hydroxylation is 1. The summed E-state index contributed by atoms with van der Waals surface area (Å²) >= 11 is 0. The topological polar surface area (TPSA) is 77.0 Å². The normalized spacial score (nSPS) is 12.5. The largest absolute Gasteiger partial charge is 0.337 e. The summed E-state index contributed by atoms with van der Waals surface area (Å²) in [5.74, 6) is 0.218. The average Bonchev–Trinajstić information content (AvgIpc) is 3.00. The molecule has 2 aromatic rings. The molecule has 6 heteroatoms. The second-order valence-corrected chi connectivity index (χ2v) is 5.80. The van der Waals surface area contributed by atoms with Gasteiger partial charge in [0.25, 0.3) is 5.91 Å². The fourth-order valence-corrected chi connectivity index (χ4v) is 2.55. The molecule has 2 rings (SSSR count). The summed E-state index contributed by atoms with van der Waals surface area (Å²) < 4.78 is 0. The maximum absolute atomic E-state index is 12.9. The fraction of sp³-hybridized carbons (Fsp3) is 0.438. The summed E-state index contributed by atoms with van der Waals surface area (Å²) in [5, 5.41) is 8.26. The van der Waals surface area contributed by atoms with Crippen LogP contribution in [0.5, 0.6) is 0 Å². The van der Waals surface area contributed by atoms with Gasteiger partial charge in [0.2, 0.25) is 0 Å². The first kappa shape index (κ1) is 16.2. The van der Waals surface area contributed by atoms with E-state index in [0.29, 0.717) is 17.8 Å². The van der Waals surface area contributed by atoms with Crippen LogP contribution in [0, 0.1) is 12.8 Å². The van der Waals surface area contributed by atoms with E-state index in [-0.39, 0.29) is 17.9 Å². The number of benzene rings is 1. The summed E-state index contributed by atoms with van der Waals surface area (Å²) in [7, 11) is 1.79. The lowest BCUT2D eigenvalue weighted by Gasteiger charge is -2.30. The quantitative estimate of drug-likeness (QED) is 0.910. The van der Waals surface area contributed by atoms with Gasteiger partial charge in [-0.3, -0.25) is 4.79 Å². The van der Waals surface area contributed by atoms with Gasteiger partial charge in [-0.2, -0.15) is 15.0 Å². The standard InChI is InChI=1S/C16H23N5O/c1-11(2)15(10-17)20(4)16(22)13-9-12(3)5-6-14(13)21-18-7-8-19-21/h5-9,11,15H,10,17H2,1-4H3/t15-/m1/s1. The molecule has 0 aliphatic carbocycles. The summed E-state index contributed by atoms with van der Waals surface area (Å²) in [6.45, 7) is 6.52. The summed E-state index contributed by atoms with van der Waals surface area (Å²) in [5.41, 5.74) is 8.10. The number of nitrogens with two attached hydrogens (primary N) is 1. The molecular weight excluding hydrogens is 278 g/mol. The van der Waals surface area contributed by atoms with Gasteiger partial charge in [0.05, 0.1) is 23.6 Å². The van der Waals surface area contributed by atoms with Gasteiger partial charge in [-0.05, 0) is 25.0 Å². The van der Waals surface area contributed by atoms with Crippen molar-refractivity contribution in [2.45, 2.75) is 26.8 Å². The van der Waals surface area contributed by atoms with Crippen molar-refractivity contribution in [3.8, 4) is 5.69 Å². The molecule has 0 spiro atoms. The van der Waals surface area contributed by atoms with E-state index in [1.165, 1.54) is 4.80 Å². The van der Waals surface area contributed by atoms with Gasteiger partial charge in [0.1, 0.15) is 0 Å². The number of nitrogens with zero attached hydrogens (tertiary/aromatic N) is 4. The van der Waals surface area contributed by atoms with Crippen LogP contribution >= 0.6 is 0 Å². The first-order valence-electron chi connectivity index (χ1n) is 7.40. The zero-order valence-electron chi connectivity index (χ0n) is 13.5. The molecule has 1 aromatic heterocycles. The molecule has 6 nitrogen and oxygen atoms in total. The summed E-state index contributed by atoms with van der Waals surface area (Å²) in [6.07, 6.45) is 3.18. The van der Waals surface area contributed by atoms with Crippen LogP contribution in [0.4, 0.5) is 0 Å². The van der Waals surface area contributed by atoms with E-state index in [4.69, 9.17) is 5.73 Å². The highest BCUT2D eigenvalue weighted by molar-refractivity contribution is 5.98. The van der Waals surface area contributed by atoms with Crippen molar-refractivity contribution in [3.63, 3.8) is 0 Å². The highest BCUT2D eigenvalue weighted by atomic mass is 16.2.